The zero-order chi connectivity index (χ0) is 11.1. The van der Waals surface area contributed by atoms with Gasteiger partial charge in [0.25, 0.3) is 0 Å². The van der Waals surface area contributed by atoms with E-state index in [1.807, 2.05) is 12.1 Å². The predicted molar refractivity (Wildman–Crippen MR) is 64.4 cm³/mol. The first-order valence-electron chi connectivity index (χ1n) is 5.33. The number of hydrogen-bond acceptors (Lipinski definition) is 2. The van der Waals surface area contributed by atoms with Crippen LogP contribution in [0.25, 0.3) is 0 Å². The largest absolute Gasteiger partial charge is 0.508 e. The van der Waals surface area contributed by atoms with Crippen LogP contribution in [0.1, 0.15) is 25.3 Å². The Balaban J connectivity index is 2.41. The van der Waals surface area contributed by atoms with Gasteiger partial charge in [-0.1, -0.05) is 19.1 Å². The minimum Gasteiger partial charge on any atom is -0.508 e. The molecule has 2 nitrogen and oxygen atoms in total. The van der Waals surface area contributed by atoms with Crippen molar-refractivity contribution in [2.45, 2.75) is 32.4 Å². The van der Waals surface area contributed by atoms with Gasteiger partial charge < -0.3 is 10.4 Å². The van der Waals surface area contributed by atoms with Gasteiger partial charge in [-0.3, -0.25) is 0 Å². The highest BCUT2D eigenvalue weighted by Gasteiger charge is 2.04. The van der Waals surface area contributed by atoms with E-state index in [2.05, 4.69) is 12.2 Å². The third-order valence-electron chi connectivity index (χ3n) is 2.46. The summed E-state index contributed by atoms with van der Waals surface area (Å²) >= 11 is 5.70. The highest BCUT2D eigenvalue weighted by Crippen LogP contribution is 2.11. The Bertz CT molecular complexity index is 291. The molecule has 0 fully saturated rings. The van der Waals surface area contributed by atoms with Crippen LogP contribution in [0.2, 0.25) is 0 Å². The average Bonchev–Trinajstić information content (AvgIpc) is 2.24. The minimum absolute atomic E-state index is 0.319. The normalized spacial score (nSPS) is 12.7. The van der Waals surface area contributed by atoms with Crippen LogP contribution in [0.5, 0.6) is 5.75 Å². The Morgan fingerprint density at radius 3 is 2.87 bits per heavy atom. The summed E-state index contributed by atoms with van der Waals surface area (Å²) < 4.78 is 0. The van der Waals surface area contributed by atoms with Crippen LogP contribution < -0.4 is 5.32 Å². The minimum atomic E-state index is 0.319. The van der Waals surface area contributed by atoms with Crippen molar-refractivity contribution in [2.75, 3.05) is 5.88 Å². The highest BCUT2D eigenvalue weighted by atomic mass is 35.5. The van der Waals surface area contributed by atoms with Gasteiger partial charge in [0.2, 0.25) is 0 Å². The first kappa shape index (κ1) is 12.3. The van der Waals surface area contributed by atoms with Crippen LogP contribution in [-0.4, -0.2) is 17.0 Å². The fourth-order valence-corrected chi connectivity index (χ4v) is 1.77. The Labute approximate surface area is 96.3 Å². The van der Waals surface area contributed by atoms with Crippen LogP contribution in [0.4, 0.5) is 0 Å². The summed E-state index contributed by atoms with van der Waals surface area (Å²) in [6.45, 7) is 2.93. The van der Waals surface area contributed by atoms with Crippen molar-refractivity contribution in [1.82, 2.24) is 5.32 Å². The molecular formula is C12H18ClNO. The fourth-order valence-electron chi connectivity index (χ4n) is 1.51. The Hall–Kier alpha value is -0.730. The second-order valence-electron chi connectivity index (χ2n) is 3.63. The number of phenols is 1. The fraction of sp³-hybridized carbons (Fsp3) is 0.500. The van der Waals surface area contributed by atoms with Gasteiger partial charge in [-0.2, -0.15) is 0 Å². The zero-order valence-corrected chi connectivity index (χ0v) is 9.80. The van der Waals surface area contributed by atoms with Gasteiger partial charge in [0.15, 0.2) is 0 Å². The number of rotatable bonds is 6. The molecule has 0 amide bonds. The molecule has 1 rings (SSSR count). The summed E-state index contributed by atoms with van der Waals surface area (Å²) in [6, 6.07) is 7.78. The monoisotopic (exact) mass is 227 g/mol. The molecule has 0 spiro atoms. The Kier molecular flexibility index (Phi) is 5.51. The number of benzene rings is 1. The molecule has 0 aliphatic carbocycles. The molecular weight excluding hydrogens is 210 g/mol. The Morgan fingerprint density at radius 2 is 2.27 bits per heavy atom. The lowest BCUT2D eigenvalue weighted by atomic mass is 10.1. The van der Waals surface area contributed by atoms with E-state index >= 15 is 0 Å². The van der Waals surface area contributed by atoms with Crippen LogP contribution in [-0.2, 0) is 6.54 Å². The maximum atomic E-state index is 9.29. The lowest BCUT2D eigenvalue weighted by molar-refractivity contribution is 0.469. The van der Waals surface area contributed by atoms with Crippen LogP contribution >= 0.6 is 11.6 Å². The first-order chi connectivity index (χ1) is 7.26. The molecule has 1 atom stereocenters. The molecule has 0 saturated carbocycles. The number of nitrogens with one attached hydrogen (secondary N) is 1. The molecule has 0 heterocycles. The van der Waals surface area contributed by atoms with Crippen molar-refractivity contribution in [3.05, 3.63) is 29.8 Å². The molecule has 0 bridgehead atoms. The summed E-state index contributed by atoms with van der Waals surface area (Å²) in [5.41, 5.74) is 1.10. The molecule has 1 unspecified atom stereocenters. The van der Waals surface area contributed by atoms with Crippen molar-refractivity contribution >= 4 is 11.6 Å². The molecule has 2 N–H and O–H groups in total. The number of alkyl halides is 1. The first-order valence-corrected chi connectivity index (χ1v) is 5.87. The number of aromatic hydroxyl groups is 1. The quantitative estimate of drug-likeness (QED) is 0.733. The van der Waals surface area contributed by atoms with Crippen LogP contribution in [0.3, 0.4) is 0 Å². The number of phenolic OH excluding ortho intramolecular Hbond substituents is 1. The SMILES string of the molecule is CCC(CCCl)NCc1cccc(O)c1. The van der Waals surface area contributed by atoms with Crippen molar-refractivity contribution in [3.8, 4) is 5.75 Å². The second kappa shape index (κ2) is 6.70. The van der Waals surface area contributed by atoms with Crippen molar-refractivity contribution in [3.63, 3.8) is 0 Å². The molecule has 1 aromatic rings. The van der Waals surface area contributed by atoms with Gasteiger partial charge in [-0.05, 0) is 30.5 Å². The van der Waals surface area contributed by atoms with Gasteiger partial charge in [-0.25, -0.2) is 0 Å². The molecule has 0 radical (unpaired) electrons. The van der Waals surface area contributed by atoms with E-state index in [1.165, 1.54) is 0 Å². The number of hydrogen-bond donors (Lipinski definition) is 2. The summed E-state index contributed by atoms with van der Waals surface area (Å²) in [7, 11) is 0. The molecule has 84 valence electrons. The van der Waals surface area contributed by atoms with E-state index in [4.69, 9.17) is 11.6 Å². The summed E-state index contributed by atoms with van der Waals surface area (Å²) in [4.78, 5) is 0. The summed E-state index contributed by atoms with van der Waals surface area (Å²) in [5.74, 6) is 1.01. The average molecular weight is 228 g/mol. The van der Waals surface area contributed by atoms with Gasteiger partial charge in [-0.15, -0.1) is 11.6 Å². The van der Waals surface area contributed by atoms with Gasteiger partial charge in [0.05, 0.1) is 0 Å². The summed E-state index contributed by atoms with van der Waals surface area (Å²) in [6.07, 6.45) is 2.06. The predicted octanol–water partition coefficient (Wildman–Crippen LogP) is 2.89. The Morgan fingerprint density at radius 1 is 1.47 bits per heavy atom. The molecule has 15 heavy (non-hydrogen) atoms. The van der Waals surface area contributed by atoms with E-state index in [0.717, 1.165) is 24.9 Å². The van der Waals surface area contributed by atoms with E-state index in [0.29, 0.717) is 17.7 Å². The van der Waals surface area contributed by atoms with Gasteiger partial charge >= 0.3 is 0 Å². The van der Waals surface area contributed by atoms with Crippen LogP contribution in [0, 0.1) is 0 Å². The standard InChI is InChI=1S/C12H18ClNO/c1-2-11(6-7-13)14-9-10-4-3-5-12(15)8-10/h3-5,8,11,14-15H,2,6-7,9H2,1H3. The van der Waals surface area contributed by atoms with Crippen LogP contribution in [0.15, 0.2) is 24.3 Å². The van der Waals surface area contributed by atoms with E-state index in [1.54, 1.807) is 12.1 Å². The topological polar surface area (TPSA) is 32.3 Å². The smallest absolute Gasteiger partial charge is 0.115 e. The van der Waals surface area contributed by atoms with Crippen molar-refractivity contribution in [2.24, 2.45) is 0 Å². The highest BCUT2D eigenvalue weighted by molar-refractivity contribution is 6.17. The lowest BCUT2D eigenvalue weighted by Crippen LogP contribution is -2.28. The van der Waals surface area contributed by atoms with Crippen molar-refractivity contribution < 1.29 is 5.11 Å². The molecule has 1 aromatic carbocycles. The lowest BCUT2D eigenvalue weighted by Gasteiger charge is -2.15. The maximum Gasteiger partial charge on any atom is 0.115 e. The zero-order valence-electron chi connectivity index (χ0n) is 9.04. The molecule has 0 aromatic heterocycles. The van der Waals surface area contributed by atoms with Gasteiger partial charge in [0, 0.05) is 18.5 Å². The second-order valence-corrected chi connectivity index (χ2v) is 4.01. The third-order valence-corrected chi connectivity index (χ3v) is 2.67. The number of halogens is 1. The maximum absolute atomic E-state index is 9.29. The van der Waals surface area contributed by atoms with E-state index in [9.17, 15) is 5.11 Å². The molecule has 0 aliphatic heterocycles. The summed E-state index contributed by atoms with van der Waals surface area (Å²) in [5, 5.41) is 12.7. The molecule has 0 saturated heterocycles. The molecule has 3 heteroatoms. The molecule has 0 aliphatic rings. The van der Waals surface area contributed by atoms with E-state index < -0.39 is 0 Å². The van der Waals surface area contributed by atoms with E-state index in [-0.39, 0.29) is 0 Å². The third kappa shape index (κ3) is 4.54. The van der Waals surface area contributed by atoms with Gasteiger partial charge in [0.1, 0.15) is 5.75 Å². The van der Waals surface area contributed by atoms with Crippen molar-refractivity contribution in [1.29, 1.82) is 0 Å².